The summed E-state index contributed by atoms with van der Waals surface area (Å²) in [6.45, 7) is 6.38. The van der Waals surface area contributed by atoms with Crippen LogP contribution in [0, 0.1) is 5.92 Å². The standard InChI is InChI=1S/C10H18O4/c1-5-8(11)7(3)10(4,13)9(12)14-6-2/h7,13H,5-6H2,1-4H3. The molecule has 0 aromatic rings. The second-order valence-corrected chi connectivity index (χ2v) is 3.41. The molecule has 2 unspecified atom stereocenters. The van der Waals surface area contributed by atoms with Crippen molar-refractivity contribution in [2.24, 2.45) is 5.92 Å². The molecule has 0 aromatic carbocycles. The van der Waals surface area contributed by atoms with Crippen molar-refractivity contribution < 1.29 is 19.4 Å². The molecular weight excluding hydrogens is 184 g/mol. The Labute approximate surface area is 84.3 Å². The molecule has 1 N–H and O–H groups in total. The third-order valence-corrected chi connectivity index (χ3v) is 2.36. The number of hydrogen-bond acceptors (Lipinski definition) is 4. The second kappa shape index (κ2) is 5.10. The van der Waals surface area contributed by atoms with Crippen molar-refractivity contribution in [3.63, 3.8) is 0 Å². The monoisotopic (exact) mass is 202 g/mol. The Morgan fingerprint density at radius 1 is 1.43 bits per heavy atom. The Morgan fingerprint density at radius 2 is 1.93 bits per heavy atom. The number of hydrogen-bond donors (Lipinski definition) is 1. The van der Waals surface area contributed by atoms with Crippen LogP contribution in [0.15, 0.2) is 0 Å². The van der Waals surface area contributed by atoms with Crippen LogP contribution in [0.3, 0.4) is 0 Å². The Hall–Kier alpha value is -0.900. The van der Waals surface area contributed by atoms with Gasteiger partial charge in [0.25, 0.3) is 0 Å². The van der Waals surface area contributed by atoms with Crippen molar-refractivity contribution in [3.05, 3.63) is 0 Å². The lowest BCUT2D eigenvalue weighted by atomic mass is 9.86. The van der Waals surface area contributed by atoms with Gasteiger partial charge in [-0.05, 0) is 13.8 Å². The number of carbonyl (C=O) groups excluding carboxylic acids is 2. The van der Waals surface area contributed by atoms with Gasteiger partial charge in [0.15, 0.2) is 5.60 Å². The minimum absolute atomic E-state index is 0.150. The van der Waals surface area contributed by atoms with Crippen molar-refractivity contribution in [1.82, 2.24) is 0 Å². The quantitative estimate of drug-likeness (QED) is 0.673. The van der Waals surface area contributed by atoms with Gasteiger partial charge >= 0.3 is 5.97 Å². The molecule has 4 heteroatoms. The average molecular weight is 202 g/mol. The highest BCUT2D eigenvalue weighted by Crippen LogP contribution is 2.20. The first-order valence-corrected chi connectivity index (χ1v) is 4.80. The van der Waals surface area contributed by atoms with E-state index in [-0.39, 0.29) is 12.4 Å². The van der Waals surface area contributed by atoms with E-state index in [1.54, 1.807) is 13.8 Å². The first-order chi connectivity index (χ1) is 6.37. The number of rotatable bonds is 5. The summed E-state index contributed by atoms with van der Waals surface area (Å²) < 4.78 is 4.68. The molecule has 0 spiro atoms. The molecule has 2 atom stereocenters. The highest BCUT2D eigenvalue weighted by atomic mass is 16.5. The molecule has 14 heavy (non-hydrogen) atoms. The largest absolute Gasteiger partial charge is 0.464 e. The molecule has 0 saturated heterocycles. The molecule has 0 saturated carbocycles. The van der Waals surface area contributed by atoms with Crippen molar-refractivity contribution in [2.45, 2.75) is 39.7 Å². The van der Waals surface area contributed by atoms with Crippen molar-refractivity contribution in [1.29, 1.82) is 0 Å². The van der Waals surface area contributed by atoms with Gasteiger partial charge in [0.2, 0.25) is 0 Å². The summed E-state index contributed by atoms with van der Waals surface area (Å²) in [6, 6.07) is 0. The molecule has 4 nitrogen and oxygen atoms in total. The lowest BCUT2D eigenvalue weighted by Gasteiger charge is -2.26. The van der Waals surface area contributed by atoms with Gasteiger partial charge in [-0.1, -0.05) is 13.8 Å². The van der Waals surface area contributed by atoms with E-state index in [9.17, 15) is 14.7 Å². The van der Waals surface area contributed by atoms with Crippen molar-refractivity contribution in [2.75, 3.05) is 6.61 Å². The molecule has 82 valence electrons. The minimum atomic E-state index is -1.72. The molecule has 0 bridgehead atoms. The summed E-state index contributed by atoms with van der Waals surface area (Å²) in [4.78, 5) is 22.6. The first-order valence-electron chi connectivity index (χ1n) is 4.80. The molecule has 0 rings (SSSR count). The van der Waals surface area contributed by atoms with Gasteiger partial charge in [0.05, 0.1) is 12.5 Å². The second-order valence-electron chi connectivity index (χ2n) is 3.41. The molecule has 0 aromatic heterocycles. The summed E-state index contributed by atoms with van der Waals surface area (Å²) in [5.41, 5.74) is -1.72. The SMILES string of the molecule is CCOC(=O)C(C)(O)C(C)C(=O)CC. The third-order valence-electron chi connectivity index (χ3n) is 2.36. The smallest absolute Gasteiger partial charge is 0.338 e. The number of carbonyl (C=O) groups is 2. The first kappa shape index (κ1) is 13.1. The number of aliphatic hydroxyl groups is 1. The Kier molecular flexibility index (Phi) is 4.77. The zero-order valence-electron chi connectivity index (χ0n) is 9.16. The van der Waals surface area contributed by atoms with Crippen LogP contribution in [0.4, 0.5) is 0 Å². The fourth-order valence-electron chi connectivity index (χ4n) is 1.07. The Bertz CT molecular complexity index is 220. The highest BCUT2D eigenvalue weighted by molar-refractivity contribution is 5.90. The zero-order chi connectivity index (χ0) is 11.4. The van der Waals surface area contributed by atoms with Crippen LogP contribution in [0.5, 0.6) is 0 Å². The minimum Gasteiger partial charge on any atom is -0.464 e. The zero-order valence-corrected chi connectivity index (χ0v) is 9.16. The summed E-state index contributed by atoms with van der Waals surface area (Å²) in [6.07, 6.45) is 0.302. The molecule has 0 heterocycles. The van der Waals surface area contributed by atoms with Gasteiger partial charge in [0.1, 0.15) is 5.78 Å². The number of ether oxygens (including phenoxy) is 1. The molecular formula is C10H18O4. The Morgan fingerprint density at radius 3 is 2.29 bits per heavy atom. The fraction of sp³-hybridized carbons (Fsp3) is 0.800. The predicted octanol–water partition coefficient (Wildman–Crippen LogP) is 0.916. The van der Waals surface area contributed by atoms with Crippen LogP contribution in [0.25, 0.3) is 0 Å². The van der Waals surface area contributed by atoms with Crippen LogP contribution in [0.2, 0.25) is 0 Å². The number of Topliss-reactive ketones (excluding diaryl/α,β-unsaturated/α-hetero) is 1. The van der Waals surface area contributed by atoms with Crippen LogP contribution in [-0.2, 0) is 14.3 Å². The summed E-state index contributed by atoms with van der Waals surface area (Å²) in [5, 5.41) is 9.79. The van der Waals surface area contributed by atoms with E-state index in [2.05, 4.69) is 4.74 Å². The van der Waals surface area contributed by atoms with Gasteiger partial charge in [-0.2, -0.15) is 0 Å². The van der Waals surface area contributed by atoms with E-state index in [1.165, 1.54) is 13.8 Å². The van der Waals surface area contributed by atoms with Crippen LogP contribution >= 0.6 is 0 Å². The van der Waals surface area contributed by atoms with Gasteiger partial charge < -0.3 is 9.84 Å². The third kappa shape index (κ3) is 2.80. The van der Waals surface area contributed by atoms with Gasteiger partial charge in [-0.15, -0.1) is 0 Å². The maximum atomic E-state index is 11.3. The normalized spacial score (nSPS) is 16.9. The topological polar surface area (TPSA) is 63.6 Å². The van der Waals surface area contributed by atoms with E-state index in [1.807, 2.05) is 0 Å². The maximum absolute atomic E-state index is 11.3. The van der Waals surface area contributed by atoms with Crippen molar-refractivity contribution >= 4 is 11.8 Å². The summed E-state index contributed by atoms with van der Waals surface area (Å²) in [5.74, 6) is -1.62. The molecule has 0 aliphatic carbocycles. The summed E-state index contributed by atoms with van der Waals surface area (Å²) >= 11 is 0. The van der Waals surface area contributed by atoms with Crippen molar-refractivity contribution in [3.8, 4) is 0 Å². The Balaban J connectivity index is 4.59. The van der Waals surface area contributed by atoms with Gasteiger partial charge in [-0.25, -0.2) is 4.79 Å². The number of ketones is 1. The lowest BCUT2D eigenvalue weighted by molar-refractivity contribution is -0.170. The van der Waals surface area contributed by atoms with E-state index in [0.717, 1.165) is 0 Å². The fourth-order valence-corrected chi connectivity index (χ4v) is 1.07. The van der Waals surface area contributed by atoms with Gasteiger partial charge in [-0.3, -0.25) is 4.79 Å². The summed E-state index contributed by atoms with van der Waals surface area (Å²) in [7, 11) is 0. The van der Waals surface area contributed by atoms with E-state index in [4.69, 9.17) is 0 Å². The predicted molar refractivity (Wildman–Crippen MR) is 51.7 cm³/mol. The molecule has 0 amide bonds. The van der Waals surface area contributed by atoms with E-state index < -0.39 is 17.5 Å². The van der Waals surface area contributed by atoms with E-state index in [0.29, 0.717) is 6.42 Å². The number of esters is 1. The van der Waals surface area contributed by atoms with Crippen LogP contribution < -0.4 is 0 Å². The molecule has 0 aliphatic rings. The molecule has 0 radical (unpaired) electrons. The van der Waals surface area contributed by atoms with Gasteiger partial charge in [0, 0.05) is 6.42 Å². The lowest BCUT2D eigenvalue weighted by Crippen LogP contribution is -2.46. The van der Waals surface area contributed by atoms with Crippen LogP contribution in [0.1, 0.15) is 34.1 Å². The molecule has 0 aliphatic heterocycles. The van der Waals surface area contributed by atoms with Crippen LogP contribution in [-0.4, -0.2) is 29.1 Å². The highest BCUT2D eigenvalue weighted by Gasteiger charge is 2.41. The average Bonchev–Trinajstić information content (AvgIpc) is 2.15. The maximum Gasteiger partial charge on any atom is 0.338 e. The van der Waals surface area contributed by atoms with E-state index >= 15 is 0 Å². The molecule has 0 fully saturated rings.